The molecule has 10 heteroatoms. The molecule has 3 atom stereocenters. The van der Waals surface area contributed by atoms with Gasteiger partial charge in [-0.05, 0) is 41.3 Å². The third-order valence-electron chi connectivity index (χ3n) is 5.48. The van der Waals surface area contributed by atoms with Crippen LogP contribution in [-0.4, -0.2) is 37.5 Å². The van der Waals surface area contributed by atoms with E-state index in [9.17, 15) is 22.8 Å². The number of rotatable bonds is 8. The zero-order valence-electron chi connectivity index (χ0n) is 19.1. The zero-order chi connectivity index (χ0) is 24.9. The fourth-order valence-electron chi connectivity index (χ4n) is 3.82. The van der Waals surface area contributed by atoms with Crippen LogP contribution >= 0.6 is 0 Å². The number of alkyl halides is 3. The van der Waals surface area contributed by atoms with Gasteiger partial charge >= 0.3 is 6.36 Å². The molecule has 184 valence electrons. The monoisotopic (exact) mass is 479 g/mol. The van der Waals surface area contributed by atoms with E-state index in [1.165, 1.54) is 24.3 Å². The van der Waals surface area contributed by atoms with Gasteiger partial charge in [0.05, 0.1) is 31.8 Å². The van der Waals surface area contributed by atoms with Crippen molar-refractivity contribution in [1.82, 2.24) is 16.0 Å². The first-order valence-corrected chi connectivity index (χ1v) is 10.9. The Balaban J connectivity index is 1.65. The molecule has 1 aliphatic rings. The summed E-state index contributed by atoms with van der Waals surface area (Å²) in [4.78, 5) is 25.3. The minimum Gasteiger partial charge on any atom is -0.497 e. The van der Waals surface area contributed by atoms with E-state index in [2.05, 4.69) is 20.7 Å². The summed E-state index contributed by atoms with van der Waals surface area (Å²) < 4.78 is 46.3. The van der Waals surface area contributed by atoms with Crippen LogP contribution in [0.15, 0.2) is 48.5 Å². The molecular weight excluding hydrogens is 451 g/mol. The predicted molar refractivity (Wildman–Crippen MR) is 119 cm³/mol. The van der Waals surface area contributed by atoms with Crippen LogP contribution in [0, 0.1) is 5.92 Å². The Morgan fingerprint density at radius 3 is 2.26 bits per heavy atom. The lowest BCUT2D eigenvalue weighted by Crippen LogP contribution is -2.61. The first-order valence-electron chi connectivity index (χ1n) is 10.9. The Labute approximate surface area is 196 Å². The Bertz CT molecular complexity index is 978. The topological polar surface area (TPSA) is 88.7 Å². The number of halogens is 3. The van der Waals surface area contributed by atoms with Gasteiger partial charge in [-0.2, -0.15) is 0 Å². The average Bonchev–Trinajstić information content (AvgIpc) is 2.77. The van der Waals surface area contributed by atoms with Gasteiger partial charge in [0, 0.05) is 6.42 Å². The van der Waals surface area contributed by atoms with Gasteiger partial charge in [0.1, 0.15) is 11.5 Å². The molecule has 2 aromatic carbocycles. The lowest BCUT2D eigenvalue weighted by molar-refractivity contribution is -0.274. The Morgan fingerprint density at radius 2 is 1.71 bits per heavy atom. The first-order chi connectivity index (χ1) is 16.0. The van der Waals surface area contributed by atoms with Crippen molar-refractivity contribution in [2.45, 2.75) is 51.3 Å². The summed E-state index contributed by atoms with van der Waals surface area (Å²) >= 11 is 0. The number of benzene rings is 2. The lowest BCUT2D eigenvalue weighted by atomic mass is 9.95. The van der Waals surface area contributed by atoms with Gasteiger partial charge in [0.15, 0.2) is 0 Å². The minimum absolute atomic E-state index is 0.0197. The van der Waals surface area contributed by atoms with Gasteiger partial charge in [0.2, 0.25) is 11.8 Å². The predicted octanol–water partition coefficient (Wildman–Crippen LogP) is 3.45. The fraction of sp³-hybridized carbons (Fsp3) is 0.417. The number of carbonyl (C=O) groups excluding carboxylic acids is 2. The Kier molecular flexibility index (Phi) is 8.03. The number of amides is 2. The van der Waals surface area contributed by atoms with Gasteiger partial charge in [-0.25, -0.2) is 0 Å². The number of carbonyl (C=O) groups is 2. The van der Waals surface area contributed by atoms with Gasteiger partial charge in [-0.1, -0.05) is 38.1 Å². The molecule has 1 fully saturated rings. The van der Waals surface area contributed by atoms with E-state index >= 15 is 0 Å². The van der Waals surface area contributed by atoms with Crippen LogP contribution in [0.1, 0.15) is 37.4 Å². The molecule has 34 heavy (non-hydrogen) atoms. The lowest BCUT2D eigenvalue weighted by Gasteiger charge is -2.33. The van der Waals surface area contributed by atoms with Crippen LogP contribution in [0.5, 0.6) is 11.5 Å². The third kappa shape index (κ3) is 7.11. The highest BCUT2D eigenvalue weighted by molar-refractivity contribution is 5.89. The maximum absolute atomic E-state index is 13.0. The van der Waals surface area contributed by atoms with Crippen molar-refractivity contribution in [3.63, 3.8) is 0 Å². The summed E-state index contributed by atoms with van der Waals surface area (Å²) in [7, 11) is 1.58. The molecule has 1 aliphatic heterocycles. The summed E-state index contributed by atoms with van der Waals surface area (Å²) in [6, 6.07) is 11.6. The van der Waals surface area contributed by atoms with Crippen molar-refractivity contribution >= 4 is 11.8 Å². The standard InChI is InChI=1S/C24H28F3N3O4/c1-14(2)22(16-6-10-18(11-7-16)34-24(25,26)27)30-23(32)19-13-21(31)29-20(28-19)12-15-4-8-17(33-3)9-5-15/h4-11,14,19-20,22,28H,12-13H2,1-3H3,(H,29,31)(H,30,32)/t19?,20?,22-/m1/s1. The SMILES string of the molecule is COc1ccc(CC2NC(=O)CC(C(=O)N[C@@H](c3ccc(OC(F)(F)F)cc3)C(C)C)N2)cc1. The number of ether oxygens (including phenoxy) is 2. The summed E-state index contributed by atoms with van der Waals surface area (Å²) in [6.45, 7) is 3.77. The van der Waals surface area contributed by atoms with Crippen LogP contribution in [0.4, 0.5) is 13.2 Å². The minimum atomic E-state index is -4.78. The molecule has 0 aliphatic carbocycles. The second-order valence-corrected chi connectivity index (χ2v) is 8.44. The molecule has 2 unspecified atom stereocenters. The second kappa shape index (κ2) is 10.8. The van der Waals surface area contributed by atoms with Crippen molar-refractivity contribution in [3.05, 3.63) is 59.7 Å². The van der Waals surface area contributed by atoms with E-state index in [0.29, 0.717) is 12.0 Å². The number of methoxy groups -OCH3 is 1. The highest BCUT2D eigenvalue weighted by Gasteiger charge is 2.33. The summed E-state index contributed by atoms with van der Waals surface area (Å²) in [5.41, 5.74) is 1.59. The highest BCUT2D eigenvalue weighted by Crippen LogP contribution is 2.27. The molecule has 1 heterocycles. The van der Waals surface area contributed by atoms with Gasteiger partial charge in [0.25, 0.3) is 0 Å². The van der Waals surface area contributed by atoms with Crippen LogP contribution in [-0.2, 0) is 16.0 Å². The van der Waals surface area contributed by atoms with E-state index in [-0.39, 0.29) is 29.9 Å². The molecule has 0 aromatic heterocycles. The van der Waals surface area contributed by atoms with Crippen molar-refractivity contribution in [2.75, 3.05) is 7.11 Å². The van der Waals surface area contributed by atoms with Gasteiger partial charge in [-0.15, -0.1) is 13.2 Å². The normalized spacial score (nSPS) is 19.3. The smallest absolute Gasteiger partial charge is 0.497 e. The van der Waals surface area contributed by atoms with E-state index in [1.807, 2.05) is 38.1 Å². The van der Waals surface area contributed by atoms with Gasteiger partial charge in [-0.3, -0.25) is 14.9 Å². The first kappa shape index (κ1) is 25.4. The summed E-state index contributed by atoms with van der Waals surface area (Å²) in [5.74, 6) is -0.265. The van der Waals surface area contributed by atoms with Crippen LogP contribution in [0.25, 0.3) is 0 Å². The van der Waals surface area contributed by atoms with Crippen molar-refractivity contribution in [1.29, 1.82) is 0 Å². The maximum Gasteiger partial charge on any atom is 0.573 e. The van der Waals surface area contributed by atoms with E-state index < -0.39 is 24.6 Å². The Morgan fingerprint density at radius 1 is 1.09 bits per heavy atom. The molecule has 0 saturated carbocycles. The number of hydrogen-bond donors (Lipinski definition) is 3. The number of nitrogens with one attached hydrogen (secondary N) is 3. The molecule has 2 aromatic rings. The quantitative estimate of drug-likeness (QED) is 0.540. The molecular formula is C24H28F3N3O4. The van der Waals surface area contributed by atoms with Crippen molar-refractivity contribution in [3.8, 4) is 11.5 Å². The summed E-state index contributed by atoms with van der Waals surface area (Å²) in [6.07, 6.45) is -4.74. The van der Waals surface area contributed by atoms with Crippen LogP contribution in [0.3, 0.4) is 0 Å². The van der Waals surface area contributed by atoms with Crippen molar-refractivity contribution < 1.29 is 32.2 Å². The molecule has 3 N–H and O–H groups in total. The fourth-order valence-corrected chi connectivity index (χ4v) is 3.82. The largest absolute Gasteiger partial charge is 0.573 e. The average molecular weight is 479 g/mol. The molecule has 3 rings (SSSR count). The van der Waals surface area contributed by atoms with E-state index in [1.54, 1.807) is 7.11 Å². The molecule has 2 amide bonds. The highest BCUT2D eigenvalue weighted by atomic mass is 19.4. The number of hydrogen-bond acceptors (Lipinski definition) is 5. The molecule has 0 spiro atoms. The van der Waals surface area contributed by atoms with E-state index in [4.69, 9.17) is 4.74 Å². The second-order valence-electron chi connectivity index (χ2n) is 8.44. The molecule has 0 radical (unpaired) electrons. The van der Waals surface area contributed by atoms with Crippen molar-refractivity contribution in [2.24, 2.45) is 5.92 Å². The van der Waals surface area contributed by atoms with E-state index in [0.717, 1.165) is 11.3 Å². The molecule has 7 nitrogen and oxygen atoms in total. The van der Waals surface area contributed by atoms with Crippen LogP contribution < -0.4 is 25.4 Å². The molecule has 0 bridgehead atoms. The van der Waals surface area contributed by atoms with Crippen LogP contribution in [0.2, 0.25) is 0 Å². The zero-order valence-corrected chi connectivity index (χ0v) is 19.1. The molecule has 1 saturated heterocycles. The third-order valence-corrected chi connectivity index (χ3v) is 5.48. The Hall–Kier alpha value is -3.27. The maximum atomic E-state index is 13.0. The van der Waals surface area contributed by atoms with Gasteiger partial charge < -0.3 is 20.1 Å². The summed E-state index contributed by atoms with van der Waals surface area (Å²) in [5, 5.41) is 8.94.